The number of nitrogens with one attached hydrogen (secondary N) is 1. The lowest BCUT2D eigenvalue weighted by atomic mass is 10.0. The molecule has 0 unspecified atom stereocenters. The number of hydrogen-bond donors (Lipinski definition) is 1. The maximum absolute atomic E-state index is 12.5. The third kappa shape index (κ3) is 4.67. The van der Waals surface area contributed by atoms with Gasteiger partial charge in [-0.05, 0) is 62.0 Å². The van der Waals surface area contributed by atoms with E-state index in [9.17, 15) is 8.42 Å². The summed E-state index contributed by atoms with van der Waals surface area (Å²) < 4.78 is 27.8. The van der Waals surface area contributed by atoms with Gasteiger partial charge in [0, 0.05) is 18.8 Å². The van der Waals surface area contributed by atoms with Crippen LogP contribution in [0.25, 0.3) is 0 Å². The summed E-state index contributed by atoms with van der Waals surface area (Å²) in [6, 6.07) is 2.05. The fourth-order valence-electron chi connectivity index (χ4n) is 3.43. The minimum Gasteiger partial charge on any atom is -0.371 e. The zero-order valence-electron chi connectivity index (χ0n) is 15.9. The molecule has 1 heterocycles. The highest BCUT2D eigenvalue weighted by Gasteiger charge is 2.21. The van der Waals surface area contributed by atoms with Crippen molar-refractivity contribution in [1.29, 1.82) is 0 Å². The van der Waals surface area contributed by atoms with Crippen LogP contribution in [0.15, 0.2) is 54.5 Å². The summed E-state index contributed by atoms with van der Waals surface area (Å²) in [5.74, 6) is 0. The Morgan fingerprint density at radius 3 is 2.38 bits per heavy atom. The lowest BCUT2D eigenvalue weighted by Crippen LogP contribution is -2.21. The first-order valence-corrected chi connectivity index (χ1v) is 10.4. The van der Waals surface area contributed by atoms with Crippen LogP contribution in [0.5, 0.6) is 0 Å². The molecule has 1 fully saturated rings. The fourth-order valence-corrected chi connectivity index (χ4v) is 4.43. The highest BCUT2D eigenvalue weighted by Crippen LogP contribution is 2.35. The molecule has 140 valence electrons. The van der Waals surface area contributed by atoms with Crippen molar-refractivity contribution in [1.82, 2.24) is 0 Å². The predicted octanol–water partition coefficient (Wildman–Crippen LogP) is 4.77. The normalized spacial score (nSPS) is 15.5. The molecule has 26 heavy (non-hydrogen) atoms. The fraction of sp³-hybridized carbons (Fsp3) is 0.333. The molecule has 0 aromatic heterocycles. The van der Waals surface area contributed by atoms with E-state index in [1.54, 1.807) is 18.2 Å². The molecule has 1 aliphatic rings. The van der Waals surface area contributed by atoms with Crippen LogP contribution in [0.1, 0.15) is 29.5 Å². The Kier molecular flexibility index (Phi) is 6.48. The second-order valence-corrected chi connectivity index (χ2v) is 8.18. The lowest BCUT2D eigenvalue weighted by molar-refractivity contribution is 0.609. The molecule has 0 amide bonds. The van der Waals surface area contributed by atoms with Crippen LogP contribution in [0.4, 0.5) is 11.4 Å². The van der Waals surface area contributed by atoms with Crippen LogP contribution < -0.4 is 9.62 Å². The van der Waals surface area contributed by atoms with Crippen LogP contribution >= 0.6 is 0 Å². The van der Waals surface area contributed by atoms with Gasteiger partial charge in [-0.2, -0.15) is 0 Å². The van der Waals surface area contributed by atoms with Gasteiger partial charge in [0.05, 0.1) is 11.1 Å². The van der Waals surface area contributed by atoms with Gasteiger partial charge in [0.1, 0.15) is 0 Å². The third-order valence-electron chi connectivity index (χ3n) is 4.58. The van der Waals surface area contributed by atoms with Crippen LogP contribution in [0.2, 0.25) is 0 Å². The average Bonchev–Trinajstić information content (AvgIpc) is 3.09. The molecule has 0 atom stereocenters. The maximum Gasteiger partial charge on any atom is 0.255 e. The van der Waals surface area contributed by atoms with E-state index in [0.29, 0.717) is 11.3 Å². The van der Waals surface area contributed by atoms with Gasteiger partial charge in [-0.25, -0.2) is 8.42 Å². The predicted molar refractivity (Wildman–Crippen MR) is 112 cm³/mol. The van der Waals surface area contributed by atoms with Crippen molar-refractivity contribution in [2.45, 2.75) is 33.6 Å². The number of sulfonamides is 1. The standard InChI is InChI=1S/C21H28N2O2S/c1-6-10-19(7-2)11-14-26(24,25)22-20-16(3)15-17(4)21(18(20)5)23-12-8-9-13-23/h6-7,10-11,14-15,22H,1-2,8-9,12-13H2,3-5H3/b14-11+,19-10+. The van der Waals surface area contributed by atoms with E-state index in [0.717, 1.165) is 35.3 Å². The zero-order chi connectivity index (χ0) is 19.3. The van der Waals surface area contributed by atoms with Gasteiger partial charge in [0.15, 0.2) is 0 Å². The molecule has 1 aromatic rings. The van der Waals surface area contributed by atoms with Gasteiger partial charge in [-0.15, -0.1) is 0 Å². The minimum atomic E-state index is -3.63. The number of aryl methyl sites for hydroxylation is 2. The van der Waals surface area contributed by atoms with E-state index >= 15 is 0 Å². The first-order valence-electron chi connectivity index (χ1n) is 8.81. The minimum absolute atomic E-state index is 0.662. The largest absolute Gasteiger partial charge is 0.371 e. The molecular formula is C21H28N2O2S. The van der Waals surface area contributed by atoms with Gasteiger partial charge in [-0.3, -0.25) is 4.72 Å². The highest BCUT2D eigenvalue weighted by atomic mass is 32.2. The van der Waals surface area contributed by atoms with E-state index in [1.165, 1.54) is 24.5 Å². The summed E-state index contributed by atoms with van der Waals surface area (Å²) in [5.41, 5.74) is 5.57. The molecule has 0 spiro atoms. The van der Waals surface area contributed by atoms with E-state index in [4.69, 9.17) is 0 Å². The van der Waals surface area contributed by atoms with Crippen molar-refractivity contribution in [3.63, 3.8) is 0 Å². The first kappa shape index (κ1) is 20.0. The Morgan fingerprint density at radius 1 is 1.15 bits per heavy atom. The summed E-state index contributed by atoms with van der Waals surface area (Å²) in [5, 5.41) is 1.16. The molecule has 0 saturated carbocycles. The Hall–Kier alpha value is -2.27. The molecule has 1 N–H and O–H groups in total. The van der Waals surface area contributed by atoms with Gasteiger partial charge >= 0.3 is 0 Å². The van der Waals surface area contributed by atoms with E-state index in [1.807, 2.05) is 13.8 Å². The van der Waals surface area contributed by atoms with Gasteiger partial charge in [0.2, 0.25) is 0 Å². The average molecular weight is 373 g/mol. The number of rotatable bonds is 7. The quantitative estimate of drug-likeness (QED) is 0.702. The van der Waals surface area contributed by atoms with Gasteiger partial charge < -0.3 is 4.90 Å². The van der Waals surface area contributed by atoms with Crippen molar-refractivity contribution < 1.29 is 8.42 Å². The molecule has 1 aliphatic heterocycles. The van der Waals surface area contributed by atoms with E-state index in [-0.39, 0.29) is 0 Å². The summed E-state index contributed by atoms with van der Waals surface area (Å²) >= 11 is 0. The summed E-state index contributed by atoms with van der Waals surface area (Å²) in [7, 11) is -3.63. The summed E-state index contributed by atoms with van der Waals surface area (Å²) in [4.78, 5) is 2.35. The Bertz CT molecular complexity index is 858. The molecule has 5 heteroatoms. The molecule has 4 nitrogen and oxygen atoms in total. The van der Waals surface area contributed by atoms with E-state index < -0.39 is 10.0 Å². The van der Waals surface area contributed by atoms with Crippen LogP contribution in [0.3, 0.4) is 0 Å². The Morgan fingerprint density at radius 2 is 1.81 bits per heavy atom. The smallest absolute Gasteiger partial charge is 0.255 e. The molecule has 1 saturated heterocycles. The monoisotopic (exact) mass is 372 g/mol. The lowest BCUT2D eigenvalue weighted by Gasteiger charge is -2.25. The summed E-state index contributed by atoms with van der Waals surface area (Å²) in [6.07, 6.45) is 8.75. The second-order valence-electron chi connectivity index (χ2n) is 6.61. The van der Waals surface area contributed by atoms with Crippen molar-refractivity contribution >= 4 is 21.4 Å². The zero-order valence-corrected chi connectivity index (χ0v) is 16.7. The van der Waals surface area contributed by atoms with Crippen LogP contribution in [-0.2, 0) is 10.0 Å². The number of nitrogens with zero attached hydrogens (tertiary/aromatic N) is 1. The van der Waals surface area contributed by atoms with Crippen LogP contribution in [0, 0.1) is 20.8 Å². The molecule has 0 radical (unpaired) electrons. The number of hydrogen-bond acceptors (Lipinski definition) is 3. The van der Waals surface area contributed by atoms with Crippen molar-refractivity contribution in [2.75, 3.05) is 22.7 Å². The number of anilines is 2. The summed E-state index contributed by atoms with van der Waals surface area (Å²) in [6.45, 7) is 15.3. The maximum atomic E-state index is 12.5. The van der Waals surface area contributed by atoms with Crippen molar-refractivity contribution in [3.8, 4) is 0 Å². The molecule has 2 rings (SSSR count). The molecule has 0 bridgehead atoms. The topological polar surface area (TPSA) is 49.4 Å². The Labute approximate surface area is 157 Å². The first-order chi connectivity index (χ1) is 12.3. The van der Waals surface area contributed by atoms with Crippen molar-refractivity contribution in [3.05, 3.63) is 71.2 Å². The van der Waals surface area contributed by atoms with Gasteiger partial charge in [0.25, 0.3) is 10.0 Å². The van der Waals surface area contributed by atoms with E-state index in [2.05, 4.69) is 35.8 Å². The Balaban J connectivity index is 2.38. The SMILES string of the molecule is C=C/C=C(C=C)/C=C/S(=O)(=O)Nc1c(C)cc(C)c(N2CCCC2)c1C. The molecular weight excluding hydrogens is 344 g/mol. The van der Waals surface area contributed by atoms with Gasteiger partial charge in [-0.1, -0.05) is 37.5 Å². The third-order valence-corrected chi connectivity index (χ3v) is 5.57. The highest BCUT2D eigenvalue weighted by molar-refractivity contribution is 7.95. The molecule has 1 aromatic carbocycles. The van der Waals surface area contributed by atoms with Crippen molar-refractivity contribution in [2.24, 2.45) is 0 Å². The second kappa shape index (κ2) is 8.41. The van der Waals surface area contributed by atoms with Crippen LogP contribution in [-0.4, -0.2) is 21.5 Å². The number of benzene rings is 1. The number of allylic oxidation sites excluding steroid dienone is 5. The molecule has 0 aliphatic carbocycles.